The van der Waals surface area contributed by atoms with Crippen LogP contribution in [-0.4, -0.2) is 29.7 Å². The van der Waals surface area contributed by atoms with Crippen molar-refractivity contribution in [3.63, 3.8) is 0 Å². The third-order valence-corrected chi connectivity index (χ3v) is 5.26. The Balaban J connectivity index is 2.04. The zero-order chi connectivity index (χ0) is 21.5. The molecule has 0 saturated heterocycles. The molecule has 1 heterocycles. The second kappa shape index (κ2) is 10.4. The van der Waals surface area contributed by atoms with Gasteiger partial charge in [-0.3, -0.25) is 0 Å². The highest BCUT2D eigenvalue weighted by molar-refractivity contribution is 5.91. The van der Waals surface area contributed by atoms with Crippen molar-refractivity contribution in [1.29, 1.82) is 0 Å². The molecule has 4 heteroatoms. The number of benzene rings is 2. The number of hydrogen-bond acceptors (Lipinski definition) is 4. The van der Waals surface area contributed by atoms with Crippen LogP contribution in [0.25, 0.3) is 22.3 Å². The van der Waals surface area contributed by atoms with Gasteiger partial charge >= 0.3 is 0 Å². The van der Waals surface area contributed by atoms with Crippen LogP contribution in [0.15, 0.2) is 48.5 Å². The number of rotatable bonds is 10. The van der Waals surface area contributed by atoms with Gasteiger partial charge in [-0.15, -0.1) is 0 Å². The van der Waals surface area contributed by atoms with E-state index in [0.717, 1.165) is 59.8 Å². The van der Waals surface area contributed by atoms with Crippen LogP contribution in [-0.2, 0) is 0 Å². The smallest absolute Gasteiger partial charge is 0.162 e. The average molecular weight is 406 g/mol. The van der Waals surface area contributed by atoms with Gasteiger partial charge < -0.3 is 9.64 Å². The number of nitrogens with zero attached hydrogens (tertiary/aromatic N) is 3. The molecule has 4 nitrogen and oxygen atoms in total. The Morgan fingerprint density at radius 3 is 2.07 bits per heavy atom. The Morgan fingerprint density at radius 2 is 1.47 bits per heavy atom. The van der Waals surface area contributed by atoms with E-state index in [-0.39, 0.29) is 0 Å². The molecule has 0 N–H and O–H groups in total. The highest BCUT2D eigenvalue weighted by Gasteiger charge is 2.16. The van der Waals surface area contributed by atoms with Gasteiger partial charge in [0, 0.05) is 24.0 Å². The van der Waals surface area contributed by atoms with Gasteiger partial charge in [-0.25, -0.2) is 9.97 Å². The second-order valence-electron chi connectivity index (χ2n) is 8.70. The predicted octanol–water partition coefficient (Wildman–Crippen LogP) is 6.59. The molecule has 30 heavy (non-hydrogen) atoms. The largest absolute Gasteiger partial charge is 0.494 e. The standard InChI is InChI=1S/C26H35N3O/c1-6-30-22-13-11-21(12-14-22)25-27-24-10-8-7-9-23(24)26(28-25)29(17-15-19(2)3)18-16-20(4)5/h7-14,19-20H,6,15-18H2,1-5H3. The fourth-order valence-electron chi connectivity index (χ4n) is 3.45. The van der Waals surface area contributed by atoms with E-state index in [9.17, 15) is 0 Å². The van der Waals surface area contributed by atoms with Crippen molar-refractivity contribution in [2.75, 3.05) is 24.6 Å². The fraction of sp³-hybridized carbons (Fsp3) is 0.462. The maximum atomic E-state index is 5.59. The van der Waals surface area contributed by atoms with Crippen LogP contribution < -0.4 is 9.64 Å². The summed E-state index contributed by atoms with van der Waals surface area (Å²) in [5, 5.41) is 1.12. The maximum absolute atomic E-state index is 5.59. The van der Waals surface area contributed by atoms with Crippen molar-refractivity contribution >= 4 is 16.7 Å². The molecular formula is C26H35N3O. The topological polar surface area (TPSA) is 38.2 Å². The van der Waals surface area contributed by atoms with E-state index < -0.39 is 0 Å². The van der Waals surface area contributed by atoms with Crippen LogP contribution in [0.3, 0.4) is 0 Å². The minimum absolute atomic E-state index is 0.658. The molecule has 0 atom stereocenters. The molecule has 3 aromatic rings. The normalized spacial score (nSPS) is 11.4. The molecule has 0 saturated carbocycles. The van der Waals surface area contributed by atoms with Crippen molar-refractivity contribution in [2.24, 2.45) is 11.8 Å². The van der Waals surface area contributed by atoms with Crippen LogP contribution in [0.2, 0.25) is 0 Å². The number of fused-ring (bicyclic) bond motifs is 1. The van der Waals surface area contributed by atoms with Crippen LogP contribution in [0.5, 0.6) is 5.75 Å². The summed E-state index contributed by atoms with van der Waals surface area (Å²) in [6.45, 7) is 13.8. The molecule has 0 fully saturated rings. The molecule has 0 radical (unpaired) electrons. The maximum Gasteiger partial charge on any atom is 0.162 e. The first-order valence-corrected chi connectivity index (χ1v) is 11.2. The van der Waals surface area contributed by atoms with E-state index in [1.54, 1.807) is 0 Å². The number of para-hydroxylation sites is 1. The van der Waals surface area contributed by atoms with Crippen LogP contribution in [0.1, 0.15) is 47.5 Å². The van der Waals surface area contributed by atoms with Crippen molar-refractivity contribution in [3.05, 3.63) is 48.5 Å². The van der Waals surface area contributed by atoms with Gasteiger partial charge in [0.2, 0.25) is 0 Å². The zero-order valence-corrected chi connectivity index (χ0v) is 19.1. The summed E-state index contributed by atoms with van der Waals surface area (Å²) in [4.78, 5) is 12.4. The molecular weight excluding hydrogens is 370 g/mol. The van der Waals surface area contributed by atoms with E-state index in [2.05, 4.69) is 50.8 Å². The summed E-state index contributed by atoms with van der Waals surface area (Å²) >= 11 is 0. The third kappa shape index (κ3) is 5.71. The molecule has 0 aliphatic carbocycles. The summed E-state index contributed by atoms with van der Waals surface area (Å²) in [7, 11) is 0. The van der Waals surface area contributed by atoms with Gasteiger partial charge in [-0.1, -0.05) is 39.8 Å². The number of ether oxygens (including phenoxy) is 1. The fourth-order valence-corrected chi connectivity index (χ4v) is 3.45. The summed E-state index contributed by atoms with van der Waals surface area (Å²) in [6, 6.07) is 16.4. The van der Waals surface area contributed by atoms with Gasteiger partial charge in [0.15, 0.2) is 5.82 Å². The molecule has 0 amide bonds. The van der Waals surface area contributed by atoms with Gasteiger partial charge in [0.1, 0.15) is 11.6 Å². The summed E-state index contributed by atoms with van der Waals surface area (Å²) in [5.41, 5.74) is 2.00. The summed E-state index contributed by atoms with van der Waals surface area (Å²) in [5.74, 6) is 4.00. The lowest BCUT2D eigenvalue weighted by Gasteiger charge is -2.27. The summed E-state index contributed by atoms with van der Waals surface area (Å²) < 4.78 is 5.59. The van der Waals surface area contributed by atoms with E-state index in [0.29, 0.717) is 18.4 Å². The van der Waals surface area contributed by atoms with Crippen LogP contribution in [0.4, 0.5) is 5.82 Å². The molecule has 160 valence electrons. The van der Waals surface area contributed by atoms with Crippen molar-refractivity contribution in [3.8, 4) is 17.1 Å². The highest BCUT2D eigenvalue weighted by atomic mass is 16.5. The lowest BCUT2D eigenvalue weighted by atomic mass is 10.1. The first kappa shape index (κ1) is 22.1. The predicted molar refractivity (Wildman–Crippen MR) is 127 cm³/mol. The molecule has 0 unspecified atom stereocenters. The van der Waals surface area contributed by atoms with Crippen molar-refractivity contribution < 1.29 is 4.74 Å². The van der Waals surface area contributed by atoms with Crippen LogP contribution in [0, 0.1) is 11.8 Å². The lowest BCUT2D eigenvalue weighted by molar-refractivity contribution is 0.340. The Labute approximate surface area is 181 Å². The number of anilines is 1. The van der Waals surface area contributed by atoms with Crippen molar-refractivity contribution in [1.82, 2.24) is 9.97 Å². The van der Waals surface area contributed by atoms with E-state index in [4.69, 9.17) is 14.7 Å². The number of hydrogen-bond donors (Lipinski definition) is 0. The highest BCUT2D eigenvalue weighted by Crippen LogP contribution is 2.29. The second-order valence-corrected chi connectivity index (χ2v) is 8.70. The van der Waals surface area contributed by atoms with Gasteiger partial charge in [-0.2, -0.15) is 0 Å². The summed E-state index contributed by atoms with van der Waals surface area (Å²) in [6.07, 6.45) is 2.30. The Morgan fingerprint density at radius 1 is 0.833 bits per heavy atom. The average Bonchev–Trinajstić information content (AvgIpc) is 2.73. The molecule has 0 aliphatic rings. The Bertz CT molecular complexity index is 923. The Hall–Kier alpha value is -2.62. The molecule has 0 aliphatic heterocycles. The molecule has 2 aromatic carbocycles. The molecule has 1 aromatic heterocycles. The quantitative estimate of drug-likeness (QED) is 0.381. The molecule has 0 bridgehead atoms. The van der Waals surface area contributed by atoms with E-state index in [1.807, 2.05) is 37.3 Å². The van der Waals surface area contributed by atoms with E-state index in [1.165, 1.54) is 0 Å². The first-order chi connectivity index (χ1) is 14.5. The monoisotopic (exact) mass is 405 g/mol. The SMILES string of the molecule is CCOc1ccc(-c2nc(N(CCC(C)C)CCC(C)C)c3ccccc3n2)cc1. The van der Waals surface area contributed by atoms with Crippen molar-refractivity contribution in [2.45, 2.75) is 47.5 Å². The Kier molecular flexibility index (Phi) is 7.67. The van der Waals surface area contributed by atoms with Crippen LogP contribution >= 0.6 is 0 Å². The zero-order valence-electron chi connectivity index (χ0n) is 19.1. The lowest BCUT2D eigenvalue weighted by Crippen LogP contribution is -2.29. The first-order valence-electron chi connectivity index (χ1n) is 11.2. The van der Waals surface area contributed by atoms with E-state index >= 15 is 0 Å². The molecule has 3 rings (SSSR count). The minimum atomic E-state index is 0.658. The third-order valence-electron chi connectivity index (χ3n) is 5.26. The molecule has 0 spiro atoms. The van der Waals surface area contributed by atoms with Gasteiger partial charge in [-0.05, 0) is 68.0 Å². The van der Waals surface area contributed by atoms with Gasteiger partial charge in [0.25, 0.3) is 0 Å². The number of aromatic nitrogens is 2. The minimum Gasteiger partial charge on any atom is -0.494 e. The van der Waals surface area contributed by atoms with Gasteiger partial charge in [0.05, 0.1) is 12.1 Å².